The highest BCUT2D eigenvalue weighted by Gasteiger charge is 2.13. The van der Waals surface area contributed by atoms with Crippen LogP contribution >= 0.6 is 11.8 Å². The normalized spacial score (nSPS) is 15.5. The summed E-state index contributed by atoms with van der Waals surface area (Å²) >= 11 is 1.62. The Bertz CT molecular complexity index is 742. The molecule has 1 saturated heterocycles. The van der Waals surface area contributed by atoms with Crippen molar-refractivity contribution in [2.45, 2.75) is 18.0 Å². The molecule has 2 aromatic rings. The van der Waals surface area contributed by atoms with E-state index in [1.807, 2.05) is 30.5 Å². The van der Waals surface area contributed by atoms with E-state index in [0.29, 0.717) is 6.54 Å². The summed E-state index contributed by atoms with van der Waals surface area (Å²) in [5.41, 5.74) is 3.26. The lowest BCUT2D eigenvalue weighted by Crippen LogP contribution is -2.43. The third-order valence-electron chi connectivity index (χ3n) is 4.83. The Labute approximate surface area is 166 Å². The number of nitrogens with zero attached hydrogens (tertiary/aromatic N) is 2. The highest BCUT2D eigenvalue weighted by molar-refractivity contribution is 7.98. The molecule has 1 aliphatic heterocycles. The van der Waals surface area contributed by atoms with Gasteiger partial charge in [0.25, 0.3) is 0 Å². The van der Waals surface area contributed by atoms with E-state index in [1.54, 1.807) is 11.8 Å². The second-order valence-electron chi connectivity index (χ2n) is 6.90. The van der Waals surface area contributed by atoms with Crippen molar-refractivity contribution < 1.29 is 4.79 Å². The minimum absolute atomic E-state index is 0.182. The summed E-state index contributed by atoms with van der Waals surface area (Å²) in [4.78, 5) is 18.1. The minimum atomic E-state index is -0.182. The number of hydrogen-bond acceptors (Lipinski definition) is 4. The molecular weight excluding hydrogens is 356 g/mol. The third-order valence-corrected chi connectivity index (χ3v) is 5.63. The minimum Gasteiger partial charge on any atom is -0.334 e. The molecule has 27 heavy (non-hydrogen) atoms. The van der Waals surface area contributed by atoms with Gasteiger partial charge >= 0.3 is 6.03 Å². The number of nitrogens with one attached hydrogen (secondary N) is 2. The fraction of sp³-hybridized carbons (Fsp3) is 0.381. The lowest BCUT2D eigenvalue weighted by molar-refractivity contribution is 0.148. The zero-order valence-corrected chi connectivity index (χ0v) is 16.9. The van der Waals surface area contributed by atoms with Crippen molar-refractivity contribution >= 4 is 23.5 Å². The number of amides is 2. The Morgan fingerprint density at radius 1 is 1.00 bits per heavy atom. The monoisotopic (exact) mass is 384 g/mol. The predicted molar refractivity (Wildman–Crippen MR) is 113 cm³/mol. The largest absolute Gasteiger partial charge is 0.334 e. The first-order valence-electron chi connectivity index (χ1n) is 9.30. The third kappa shape index (κ3) is 5.99. The van der Waals surface area contributed by atoms with Gasteiger partial charge < -0.3 is 15.5 Å². The highest BCUT2D eigenvalue weighted by atomic mass is 32.2. The Hall–Kier alpha value is -2.02. The Balaban J connectivity index is 1.46. The number of benzene rings is 2. The standard InChI is InChI=1S/C21H28N4OS/c1-24-11-13-25(14-12-24)16-18-9-7-17(8-10-18)15-22-21(26)23-19-5-3-4-6-20(19)27-2/h3-10H,11-16H2,1-2H3,(H2,22,23,26). The van der Waals surface area contributed by atoms with Gasteiger partial charge in [0, 0.05) is 44.2 Å². The molecule has 1 fully saturated rings. The van der Waals surface area contributed by atoms with Crippen LogP contribution in [-0.2, 0) is 13.1 Å². The van der Waals surface area contributed by atoms with Crippen LogP contribution in [-0.4, -0.2) is 55.3 Å². The van der Waals surface area contributed by atoms with Gasteiger partial charge in [0.2, 0.25) is 0 Å². The number of para-hydroxylation sites is 1. The van der Waals surface area contributed by atoms with E-state index >= 15 is 0 Å². The molecule has 0 bridgehead atoms. The zero-order valence-electron chi connectivity index (χ0n) is 16.1. The molecule has 1 heterocycles. The number of carbonyl (C=O) groups excluding carboxylic acids is 1. The number of thioether (sulfide) groups is 1. The van der Waals surface area contributed by atoms with Crippen LogP contribution in [0.15, 0.2) is 53.4 Å². The first kappa shape index (κ1) is 19.7. The topological polar surface area (TPSA) is 47.6 Å². The lowest BCUT2D eigenvalue weighted by Gasteiger charge is -2.32. The molecule has 0 radical (unpaired) electrons. The number of urea groups is 1. The van der Waals surface area contributed by atoms with Crippen molar-refractivity contribution in [3.8, 4) is 0 Å². The molecule has 3 rings (SSSR count). The zero-order chi connectivity index (χ0) is 19.1. The van der Waals surface area contributed by atoms with Crippen LogP contribution in [0.1, 0.15) is 11.1 Å². The van der Waals surface area contributed by atoms with E-state index in [1.165, 1.54) is 5.56 Å². The maximum Gasteiger partial charge on any atom is 0.319 e. The molecule has 0 spiro atoms. The van der Waals surface area contributed by atoms with Gasteiger partial charge in [-0.2, -0.15) is 0 Å². The molecule has 144 valence electrons. The van der Waals surface area contributed by atoms with E-state index in [9.17, 15) is 4.79 Å². The van der Waals surface area contributed by atoms with Crippen molar-refractivity contribution in [1.29, 1.82) is 0 Å². The molecule has 6 heteroatoms. The van der Waals surface area contributed by atoms with Crippen molar-refractivity contribution in [1.82, 2.24) is 15.1 Å². The fourth-order valence-electron chi connectivity index (χ4n) is 3.12. The molecule has 0 aliphatic carbocycles. The molecule has 0 unspecified atom stereocenters. The van der Waals surface area contributed by atoms with Gasteiger partial charge in [-0.3, -0.25) is 4.90 Å². The van der Waals surface area contributed by atoms with E-state index in [0.717, 1.165) is 48.9 Å². The molecule has 5 nitrogen and oxygen atoms in total. The van der Waals surface area contributed by atoms with Gasteiger partial charge in [0.15, 0.2) is 0 Å². The van der Waals surface area contributed by atoms with E-state index in [4.69, 9.17) is 0 Å². The maximum absolute atomic E-state index is 12.2. The summed E-state index contributed by atoms with van der Waals surface area (Å²) in [5.74, 6) is 0. The van der Waals surface area contributed by atoms with Crippen molar-refractivity contribution in [2.75, 3.05) is 44.8 Å². The molecule has 2 N–H and O–H groups in total. The van der Waals surface area contributed by atoms with E-state index in [2.05, 4.69) is 51.7 Å². The molecular formula is C21H28N4OS. The van der Waals surface area contributed by atoms with Crippen molar-refractivity contribution in [3.63, 3.8) is 0 Å². The molecule has 2 aromatic carbocycles. The van der Waals surface area contributed by atoms with Gasteiger partial charge in [-0.05, 0) is 36.6 Å². The van der Waals surface area contributed by atoms with Gasteiger partial charge in [-0.1, -0.05) is 36.4 Å². The fourth-order valence-corrected chi connectivity index (χ4v) is 3.68. The number of likely N-dealkylation sites (N-methyl/N-ethyl adjacent to an activating group) is 1. The number of hydrogen-bond donors (Lipinski definition) is 2. The van der Waals surface area contributed by atoms with Crippen LogP contribution in [0.25, 0.3) is 0 Å². The van der Waals surface area contributed by atoms with Crippen LogP contribution in [0, 0.1) is 0 Å². The smallest absolute Gasteiger partial charge is 0.319 e. The summed E-state index contributed by atoms with van der Waals surface area (Å²) in [6.07, 6.45) is 2.00. The van der Waals surface area contributed by atoms with Gasteiger partial charge in [0.1, 0.15) is 0 Å². The summed E-state index contributed by atoms with van der Waals surface area (Å²) in [6, 6.07) is 16.2. The van der Waals surface area contributed by atoms with E-state index < -0.39 is 0 Å². The van der Waals surface area contributed by atoms with Crippen molar-refractivity contribution in [2.24, 2.45) is 0 Å². The SMILES string of the molecule is CSc1ccccc1NC(=O)NCc1ccc(CN2CCN(C)CC2)cc1. The first-order chi connectivity index (χ1) is 13.1. The van der Waals surface area contributed by atoms with Gasteiger partial charge in [0.05, 0.1) is 5.69 Å². The van der Waals surface area contributed by atoms with Crippen LogP contribution in [0.3, 0.4) is 0 Å². The van der Waals surface area contributed by atoms with Gasteiger partial charge in [-0.25, -0.2) is 4.79 Å². The average molecular weight is 385 g/mol. The molecule has 1 aliphatic rings. The van der Waals surface area contributed by atoms with Crippen LogP contribution in [0.4, 0.5) is 10.5 Å². The number of anilines is 1. The predicted octanol–water partition coefficient (Wildman–Crippen LogP) is 3.48. The Morgan fingerprint density at radius 3 is 2.37 bits per heavy atom. The molecule has 2 amide bonds. The summed E-state index contributed by atoms with van der Waals surface area (Å²) < 4.78 is 0. The molecule has 0 atom stereocenters. The second-order valence-corrected chi connectivity index (χ2v) is 7.75. The maximum atomic E-state index is 12.2. The summed E-state index contributed by atoms with van der Waals surface area (Å²) in [6.45, 7) is 6.03. The Morgan fingerprint density at radius 2 is 1.67 bits per heavy atom. The number of carbonyl (C=O) groups is 1. The molecule has 0 saturated carbocycles. The Kier molecular flexibility index (Phi) is 7.15. The summed E-state index contributed by atoms with van der Waals surface area (Å²) in [7, 11) is 2.18. The van der Waals surface area contributed by atoms with E-state index in [-0.39, 0.29) is 6.03 Å². The average Bonchev–Trinajstić information content (AvgIpc) is 2.69. The quantitative estimate of drug-likeness (QED) is 0.749. The summed E-state index contributed by atoms with van der Waals surface area (Å²) in [5, 5.41) is 5.85. The number of rotatable bonds is 6. The lowest BCUT2D eigenvalue weighted by atomic mass is 10.1. The second kappa shape index (κ2) is 9.78. The van der Waals surface area contributed by atoms with Crippen LogP contribution in [0.2, 0.25) is 0 Å². The van der Waals surface area contributed by atoms with Crippen molar-refractivity contribution in [3.05, 3.63) is 59.7 Å². The number of piperazine rings is 1. The highest BCUT2D eigenvalue weighted by Crippen LogP contribution is 2.24. The first-order valence-corrected chi connectivity index (χ1v) is 10.5. The molecule has 0 aromatic heterocycles. The van der Waals surface area contributed by atoms with Crippen LogP contribution < -0.4 is 10.6 Å². The van der Waals surface area contributed by atoms with Gasteiger partial charge in [-0.15, -0.1) is 11.8 Å². The van der Waals surface area contributed by atoms with Crippen LogP contribution in [0.5, 0.6) is 0 Å².